The molecule has 0 radical (unpaired) electrons. The second-order valence-corrected chi connectivity index (χ2v) is 12.6. The van der Waals surface area contributed by atoms with Crippen molar-refractivity contribution in [2.24, 2.45) is 0 Å². The van der Waals surface area contributed by atoms with Crippen LogP contribution in [-0.4, -0.2) is 61.0 Å². The number of hydrogen-bond donors (Lipinski definition) is 0. The summed E-state index contributed by atoms with van der Waals surface area (Å²) in [5.74, 6) is -0.227. The molecule has 1 aromatic carbocycles. The first-order valence-corrected chi connectivity index (χ1v) is 12.9. The molecule has 0 spiro atoms. The Morgan fingerprint density at radius 2 is 1.65 bits per heavy atom. The molecule has 0 saturated heterocycles. The van der Waals surface area contributed by atoms with E-state index in [4.69, 9.17) is 0 Å². The molecule has 2 nitrogen and oxygen atoms in total. The molecule has 5 rings (SSSR count). The van der Waals surface area contributed by atoms with E-state index >= 15 is 0 Å². The van der Waals surface area contributed by atoms with Crippen molar-refractivity contribution in [3.05, 3.63) is 62.5 Å². The molecule has 3 heterocycles. The number of allylic oxidation sites excluding steroid dienone is 1. The summed E-state index contributed by atoms with van der Waals surface area (Å²) >= 11 is 0.536. The van der Waals surface area contributed by atoms with Gasteiger partial charge in [0.05, 0.1) is 0 Å². The van der Waals surface area contributed by atoms with Crippen LogP contribution in [0.15, 0.2) is 46.9 Å². The van der Waals surface area contributed by atoms with E-state index in [1.165, 1.54) is 7.84 Å². The van der Waals surface area contributed by atoms with Gasteiger partial charge >= 0.3 is 154 Å². The van der Waals surface area contributed by atoms with Gasteiger partial charge in [-0.2, -0.15) is 0 Å². The van der Waals surface area contributed by atoms with Crippen molar-refractivity contribution in [2.75, 3.05) is 0 Å². The Hall–Kier alpha value is -0.911. The van der Waals surface area contributed by atoms with Crippen molar-refractivity contribution in [2.45, 2.75) is 0 Å². The van der Waals surface area contributed by atoms with Gasteiger partial charge in [0.2, 0.25) is 0 Å². The van der Waals surface area contributed by atoms with Crippen LogP contribution in [0.5, 0.6) is 0 Å². The van der Waals surface area contributed by atoms with E-state index in [0.29, 0.717) is 31.2 Å². The van der Waals surface area contributed by atoms with Gasteiger partial charge in [0.25, 0.3) is 0 Å². The predicted molar refractivity (Wildman–Crippen MR) is 95.4 cm³/mol. The normalized spacial score (nSPS) is 14.2. The number of hydrogen-bond acceptors (Lipinski definition) is 2. The average molecular weight is 542 g/mol. The van der Waals surface area contributed by atoms with Crippen LogP contribution in [0.3, 0.4) is 0 Å². The predicted octanol–water partition coefficient (Wildman–Crippen LogP) is 2.63. The quantitative estimate of drug-likeness (QED) is 0.211. The van der Waals surface area contributed by atoms with Crippen molar-refractivity contribution in [3.63, 3.8) is 0 Å². The number of carbonyl (C=O) groups excluding carboxylic acids is 2. The fraction of sp³-hybridized carbons (Fsp3) is 0. The first-order chi connectivity index (χ1) is 11.2. The molecular formula is C18H8O2Se2Te. The monoisotopic (exact) mass is 546 g/mol. The second-order valence-electron chi connectivity index (χ2n) is 5.32. The Bertz CT molecular complexity index is 1120. The molecule has 0 atom stereocenters. The fourth-order valence-corrected chi connectivity index (χ4v) is 14.7. The van der Waals surface area contributed by atoms with Crippen molar-refractivity contribution in [3.8, 4) is 0 Å². The number of Topliss-reactive ketones (excluding diaryl/α,β-unsaturated/α-hetero) is 2. The van der Waals surface area contributed by atoms with Crippen molar-refractivity contribution in [1.82, 2.24) is 0 Å². The molecule has 0 bridgehead atoms. The van der Waals surface area contributed by atoms with Gasteiger partial charge in [-0.05, 0) is 0 Å². The number of rotatable bonds is 1. The van der Waals surface area contributed by atoms with E-state index in [9.17, 15) is 9.59 Å². The van der Waals surface area contributed by atoms with E-state index in [-0.39, 0.29) is 46.5 Å². The Balaban J connectivity index is 1.65. The van der Waals surface area contributed by atoms with Crippen molar-refractivity contribution in [1.29, 1.82) is 0 Å². The third-order valence-corrected chi connectivity index (χ3v) is 13.8. The molecule has 23 heavy (non-hydrogen) atoms. The van der Waals surface area contributed by atoms with Gasteiger partial charge in [-0.15, -0.1) is 0 Å². The SMILES string of the molecule is O=C1C(=Cc2cc3[te]c4cc[se]c4c3[se]2)C(=O)c2ccccc21. The first kappa shape index (κ1) is 14.4. The summed E-state index contributed by atoms with van der Waals surface area (Å²) in [6.45, 7) is 0. The second kappa shape index (κ2) is 5.30. The molecular weight excluding hydrogens is 534 g/mol. The molecule has 3 aromatic heterocycles. The number of ketones is 2. The van der Waals surface area contributed by atoms with Crippen LogP contribution >= 0.6 is 0 Å². The Morgan fingerprint density at radius 1 is 0.913 bits per heavy atom. The van der Waals surface area contributed by atoms with E-state index in [1.54, 1.807) is 24.1 Å². The summed E-state index contributed by atoms with van der Waals surface area (Å²) < 4.78 is 7.50. The number of carbonyl (C=O) groups is 2. The van der Waals surface area contributed by atoms with Gasteiger partial charge < -0.3 is 0 Å². The Kier molecular flexibility index (Phi) is 3.32. The first-order valence-electron chi connectivity index (χ1n) is 7.02. The molecule has 0 fully saturated rings. The summed E-state index contributed by atoms with van der Waals surface area (Å²) in [4.78, 5) is 27.3. The van der Waals surface area contributed by atoms with Gasteiger partial charge in [0, 0.05) is 0 Å². The molecule has 5 heteroatoms. The van der Waals surface area contributed by atoms with Crippen LogP contribution in [0.2, 0.25) is 0 Å². The molecule has 1 aliphatic rings. The van der Waals surface area contributed by atoms with Crippen LogP contribution in [0.25, 0.3) is 21.4 Å². The van der Waals surface area contributed by atoms with Crippen LogP contribution in [-0.2, 0) is 0 Å². The third-order valence-electron chi connectivity index (χ3n) is 3.96. The molecule has 0 N–H and O–H groups in total. The molecule has 4 aromatic rings. The fourth-order valence-electron chi connectivity index (χ4n) is 2.91. The minimum atomic E-state index is -0.226. The standard InChI is InChI=1S/C18H8O2Se2Te/c19-15-10-3-1-2-4-11(10)16(20)12(15)7-9-8-14-18(22-9)17-13(23-14)5-6-21-17/h1-8H. The number of benzene rings is 1. The molecule has 0 saturated carbocycles. The summed E-state index contributed by atoms with van der Waals surface area (Å²) in [6.07, 6.45) is 1.87. The molecule has 1 aliphatic carbocycles. The van der Waals surface area contributed by atoms with E-state index in [0.717, 1.165) is 0 Å². The summed E-state index contributed by atoms with van der Waals surface area (Å²) in [7, 11) is 0. The Labute approximate surface area is 153 Å². The van der Waals surface area contributed by atoms with Crippen molar-refractivity contribution < 1.29 is 9.59 Å². The Morgan fingerprint density at radius 3 is 2.39 bits per heavy atom. The minimum absolute atomic E-state index is 0.113. The van der Waals surface area contributed by atoms with Gasteiger partial charge in [-0.3, -0.25) is 0 Å². The topological polar surface area (TPSA) is 34.1 Å². The number of fused-ring (bicyclic) bond motifs is 4. The molecule has 110 valence electrons. The van der Waals surface area contributed by atoms with E-state index in [2.05, 4.69) is 17.1 Å². The van der Waals surface area contributed by atoms with E-state index in [1.807, 2.05) is 18.2 Å². The van der Waals surface area contributed by atoms with Crippen LogP contribution in [0, 0.1) is 0 Å². The third kappa shape index (κ3) is 2.13. The van der Waals surface area contributed by atoms with Crippen molar-refractivity contribution >= 4 is 82.4 Å². The average Bonchev–Trinajstić information content (AvgIpc) is 3.26. The zero-order valence-electron chi connectivity index (χ0n) is 11.7. The maximum atomic E-state index is 12.5. The summed E-state index contributed by atoms with van der Waals surface area (Å²) in [5.41, 5.74) is 1.46. The molecule has 0 unspecified atom stereocenters. The van der Waals surface area contributed by atoms with Crippen LogP contribution in [0.4, 0.5) is 0 Å². The zero-order chi connectivity index (χ0) is 15.6. The van der Waals surface area contributed by atoms with Crippen LogP contribution in [0.1, 0.15) is 25.2 Å². The van der Waals surface area contributed by atoms with E-state index < -0.39 is 0 Å². The zero-order valence-corrected chi connectivity index (χ0v) is 17.4. The summed E-state index contributed by atoms with van der Waals surface area (Å²) in [5, 5.41) is 0. The molecule has 0 amide bonds. The van der Waals surface area contributed by atoms with Gasteiger partial charge in [0.15, 0.2) is 0 Å². The summed E-state index contributed by atoms with van der Waals surface area (Å²) in [6, 6.07) is 11.7. The maximum absolute atomic E-state index is 12.5. The van der Waals surface area contributed by atoms with Gasteiger partial charge in [-0.25, -0.2) is 0 Å². The van der Waals surface area contributed by atoms with Gasteiger partial charge in [0.1, 0.15) is 0 Å². The molecule has 0 aliphatic heterocycles. The van der Waals surface area contributed by atoms with Gasteiger partial charge in [-0.1, -0.05) is 0 Å². The van der Waals surface area contributed by atoms with Crippen LogP contribution < -0.4 is 0 Å².